The van der Waals surface area contributed by atoms with Gasteiger partial charge in [-0.25, -0.2) is 19.3 Å². The van der Waals surface area contributed by atoms with Crippen molar-refractivity contribution in [3.63, 3.8) is 0 Å². The first-order chi connectivity index (χ1) is 9.45. The molecule has 0 bridgehead atoms. The second-order valence-corrected chi connectivity index (χ2v) is 5.11. The van der Waals surface area contributed by atoms with Crippen LogP contribution in [-0.2, 0) is 4.74 Å². The van der Waals surface area contributed by atoms with E-state index in [9.17, 15) is 9.50 Å². The molecule has 0 amide bonds. The third kappa shape index (κ3) is 1.80. The van der Waals surface area contributed by atoms with E-state index >= 15 is 0 Å². The van der Waals surface area contributed by atoms with Crippen molar-refractivity contribution in [1.29, 1.82) is 0 Å². The minimum absolute atomic E-state index is 0.452. The van der Waals surface area contributed by atoms with E-state index in [1.807, 2.05) is 0 Å². The van der Waals surface area contributed by atoms with Gasteiger partial charge in [0.15, 0.2) is 18.0 Å². The van der Waals surface area contributed by atoms with Crippen LogP contribution in [0.1, 0.15) is 19.0 Å². The van der Waals surface area contributed by atoms with E-state index in [2.05, 4.69) is 15.0 Å². The lowest BCUT2D eigenvalue weighted by Crippen LogP contribution is -2.41. The van der Waals surface area contributed by atoms with Crippen LogP contribution < -0.4 is 0 Å². The normalized spacial score (nSPS) is 34.0. The molecule has 1 saturated heterocycles. The van der Waals surface area contributed by atoms with Gasteiger partial charge in [-0.05, 0) is 13.8 Å². The fourth-order valence-electron chi connectivity index (χ4n) is 2.45. The number of nitrogens with zero attached hydrogens (tertiary/aromatic N) is 4. The van der Waals surface area contributed by atoms with Gasteiger partial charge in [-0.1, -0.05) is 0 Å². The fraction of sp³-hybridized carbons (Fsp3) is 0.583. The maximum absolute atomic E-state index is 14.1. The van der Waals surface area contributed by atoms with Crippen LogP contribution in [0.4, 0.5) is 4.39 Å². The zero-order valence-electron chi connectivity index (χ0n) is 11.1. The molecule has 2 aromatic heterocycles. The average Bonchev–Trinajstić information content (AvgIpc) is 2.90. The number of hydrogen-bond acceptors (Lipinski definition) is 6. The fourth-order valence-corrected chi connectivity index (χ4v) is 2.45. The predicted molar refractivity (Wildman–Crippen MR) is 66.6 cm³/mol. The Balaban J connectivity index is 2.09. The van der Waals surface area contributed by atoms with Gasteiger partial charge >= 0.3 is 0 Å². The summed E-state index contributed by atoms with van der Waals surface area (Å²) in [7, 11) is 0. The second-order valence-electron chi connectivity index (χ2n) is 5.11. The van der Waals surface area contributed by atoms with E-state index in [0.717, 1.165) is 0 Å². The van der Waals surface area contributed by atoms with Crippen molar-refractivity contribution in [3.8, 4) is 0 Å². The van der Waals surface area contributed by atoms with Crippen molar-refractivity contribution in [2.75, 3.05) is 6.61 Å². The molecule has 3 rings (SSSR count). The number of imidazole rings is 1. The third-order valence-corrected chi connectivity index (χ3v) is 3.56. The highest BCUT2D eigenvalue weighted by atomic mass is 19.1. The molecule has 4 atom stereocenters. The summed E-state index contributed by atoms with van der Waals surface area (Å²) in [6.07, 6.45) is -0.805. The van der Waals surface area contributed by atoms with Crippen LogP contribution in [0.5, 0.6) is 0 Å². The van der Waals surface area contributed by atoms with Crippen LogP contribution in [0.25, 0.3) is 11.2 Å². The van der Waals surface area contributed by atoms with Crippen molar-refractivity contribution in [1.82, 2.24) is 19.5 Å². The highest BCUT2D eigenvalue weighted by molar-refractivity contribution is 5.69. The minimum Gasteiger partial charge on any atom is -0.394 e. The van der Waals surface area contributed by atoms with Gasteiger partial charge in [-0.2, -0.15) is 0 Å². The molecule has 2 aromatic rings. The number of aliphatic hydroxyl groups excluding tert-OH is 1. The van der Waals surface area contributed by atoms with Crippen LogP contribution in [0.15, 0.2) is 12.5 Å². The summed E-state index contributed by atoms with van der Waals surface area (Å²) in [5, 5.41) is 19.4. The molecular formula is C12H15FN4O3. The number of hydrogen-bond donors (Lipinski definition) is 2. The Morgan fingerprint density at radius 3 is 2.90 bits per heavy atom. The largest absolute Gasteiger partial charge is 0.394 e. The van der Waals surface area contributed by atoms with E-state index in [1.54, 1.807) is 13.1 Å². The number of fused-ring (bicyclic) bond motifs is 1. The number of alkyl halides is 1. The molecule has 0 aliphatic carbocycles. The average molecular weight is 282 g/mol. The molecule has 0 saturated carbocycles. The molecule has 7 nitrogen and oxygen atoms in total. The Morgan fingerprint density at radius 1 is 1.50 bits per heavy atom. The van der Waals surface area contributed by atoms with E-state index in [1.165, 1.54) is 17.8 Å². The molecule has 108 valence electrons. The van der Waals surface area contributed by atoms with Gasteiger partial charge in [0.25, 0.3) is 0 Å². The lowest BCUT2D eigenvalue weighted by atomic mass is 9.98. The molecule has 0 spiro atoms. The van der Waals surface area contributed by atoms with E-state index in [0.29, 0.717) is 17.0 Å². The number of aryl methyl sites for hydroxylation is 1. The van der Waals surface area contributed by atoms with Gasteiger partial charge < -0.3 is 14.9 Å². The van der Waals surface area contributed by atoms with Crippen molar-refractivity contribution < 1.29 is 19.3 Å². The lowest BCUT2D eigenvalue weighted by molar-refractivity contribution is -0.0892. The summed E-state index contributed by atoms with van der Waals surface area (Å²) in [5.41, 5.74) is -0.800. The van der Waals surface area contributed by atoms with Gasteiger partial charge in [0.05, 0.1) is 19.1 Å². The predicted octanol–water partition coefficient (Wildman–Crippen LogP) is 0.114. The first kappa shape index (κ1) is 13.3. The van der Waals surface area contributed by atoms with Crippen molar-refractivity contribution >= 4 is 11.2 Å². The van der Waals surface area contributed by atoms with Gasteiger partial charge in [-0.15, -0.1) is 0 Å². The Labute approximate surface area is 114 Å². The summed E-state index contributed by atoms with van der Waals surface area (Å²) in [6, 6.07) is 0. The van der Waals surface area contributed by atoms with Gasteiger partial charge in [-0.3, -0.25) is 4.57 Å². The van der Waals surface area contributed by atoms with E-state index < -0.39 is 30.7 Å². The molecule has 3 heterocycles. The maximum Gasteiger partial charge on any atom is 0.168 e. The molecule has 8 heteroatoms. The summed E-state index contributed by atoms with van der Waals surface area (Å²) in [6.45, 7) is 2.55. The summed E-state index contributed by atoms with van der Waals surface area (Å²) >= 11 is 0. The van der Waals surface area contributed by atoms with Gasteiger partial charge in [0.1, 0.15) is 23.0 Å². The standard InChI is InChI=1S/C12H15FN4O3/c1-6-14-3-7-10(16-6)17(5-15-7)11-12(2,19)9(13)8(4-18)20-11/h3,5,8-9,11,18-19H,4H2,1-2H3/t8-,9+,11-,12-/m1/s1. The first-order valence-electron chi connectivity index (χ1n) is 6.24. The number of aromatic nitrogens is 4. The second kappa shape index (κ2) is 4.44. The van der Waals surface area contributed by atoms with Crippen LogP contribution in [0.2, 0.25) is 0 Å². The maximum atomic E-state index is 14.1. The Hall–Kier alpha value is -1.64. The molecule has 0 radical (unpaired) electrons. The van der Waals surface area contributed by atoms with Crippen LogP contribution in [0.3, 0.4) is 0 Å². The van der Waals surface area contributed by atoms with Gasteiger partial charge in [0, 0.05) is 0 Å². The molecule has 1 aliphatic heterocycles. The highest BCUT2D eigenvalue weighted by Crippen LogP contribution is 2.40. The molecule has 2 N–H and O–H groups in total. The SMILES string of the molecule is Cc1ncc2ncn([C@@H]3O[C@H](CO)[C@H](F)[C@@]3(C)O)c2n1. The monoisotopic (exact) mass is 282 g/mol. The van der Waals surface area contributed by atoms with E-state index in [-0.39, 0.29) is 0 Å². The quantitative estimate of drug-likeness (QED) is 0.812. The van der Waals surface area contributed by atoms with Crippen LogP contribution in [0, 0.1) is 6.92 Å². The minimum atomic E-state index is -1.78. The van der Waals surface area contributed by atoms with E-state index in [4.69, 9.17) is 9.84 Å². The molecular weight excluding hydrogens is 267 g/mol. The van der Waals surface area contributed by atoms with Crippen molar-refractivity contribution in [2.45, 2.75) is 38.0 Å². The Morgan fingerprint density at radius 2 is 2.25 bits per heavy atom. The molecule has 1 aliphatic rings. The molecule has 0 unspecified atom stereocenters. The smallest absolute Gasteiger partial charge is 0.168 e. The first-order valence-corrected chi connectivity index (χ1v) is 6.24. The third-order valence-electron chi connectivity index (χ3n) is 3.56. The number of ether oxygens (including phenoxy) is 1. The van der Waals surface area contributed by atoms with Gasteiger partial charge in [0.2, 0.25) is 0 Å². The topological polar surface area (TPSA) is 93.3 Å². The number of aliphatic hydroxyl groups is 2. The zero-order valence-corrected chi connectivity index (χ0v) is 11.1. The molecule has 0 aromatic carbocycles. The highest BCUT2D eigenvalue weighted by Gasteiger charge is 2.54. The summed E-state index contributed by atoms with van der Waals surface area (Å²) in [4.78, 5) is 12.4. The molecule has 1 fully saturated rings. The summed E-state index contributed by atoms with van der Waals surface area (Å²) < 4.78 is 21.0. The number of halogens is 1. The lowest BCUT2D eigenvalue weighted by Gasteiger charge is -2.26. The Bertz CT molecular complexity index is 645. The number of rotatable bonds is 2. The summed E-state index contributed by atoms with van der Waals surface area (Å²) in [5.74, 6) is 0.535. The van der Waals surface area contributed by atoms with Crippen molar-refractivity contribution in [3.05, 3.63) is 18.3 Å². The molecule has 20 heavy (non-hydrogen) atoms. The van der Waals surface area contributed by atoms with Crippen LogP contribution >= 0.6 is 0 Å². The van der Waals surface area contributed by atoms with Crippen LogP contribution in [-0.4, -0.2) is 54.2 Å². The zero-order chi connectivity index (χ0) is 14.5. The Kier molecular flexibility index (Phi) is 2.96. The van der Waals surface area contributed by atoms with Crippen molar-refractivity contribution in [2.24, 2.45) is 0 Å².